The summed E-state index contributed by atoms with van der Waals surface area (Å²) in [6.07, 6.45) is 1.86. The Morgan fingerprint density at radius 2 is 1.84 bits per heavy atom. The van der Waals surface area contributed by atoms with Gasteiger partial charge in [0.1, 0.15) is 5.75 Å². The molecular weight excluding hydrogens is 361 g/mol. The molecule has 1 unspecified atom stereocenters. The van der Waals surface area contributed by atoms with E-state index in [9.17, 15) is 4.79 Å². The summed E-state index contributed by atoms with van der Waals surface area (Å²) in [4.78, 5) is 14.9. The van der Waals surface area contributed by atoms with Crippen molar-refractivity contribution in [1.29, 1.82) is 0 Å². The third-order valence-electron chi connectivity index (χ3n) is 4.44. The van der Waals surface area contributed by atoms with Crippen molar-refractivity contribution in [1.82, 2.24) is 4.90 Å². The molecule has 1 atom stereocenters. The Kier molecular flexibility index (Phi) is 5.40. The molecule has 1 fully saturated rings. The first-order chi connectivity index (χ1) is 12.0. The van der Waals surface area contributed by atoms with Crippen molar-refractivity contribution < 1.29 is 14.3 Å². The summed E-state index contributed by atoms with van der Waals surface area (Å²) in [5, 5.41) is 0.658. The molecule has 1 saturated heterocycles. The summed E-state index contributed by atoms with van der Waals surface area (Å²) in [6, 6.07) is 11.1. The monoisotopic (exact) mass is 379 g/mol. The number of rotatable bonds is 4. The molecule has 0 bridgehead atoms. The fourth-order valence-corrected chi connectivity index (χ4v) is 3.89. The minimum Gasteiger partial charge on any atom is -0.497 e. The first kappa shape index (κ1) is 17.9. The maximum absolute atomic E-state index is 13.0. The second kappa shape index (κ2) is 7.54. The molecule has 0 saturated carbocycles. The van der Waals surface area contributed by atoms with Gasteiger partial charge in [-0.2, -0.15) is 0 Å². The number of carbonyl (C=O) groups is 1. The predicted molar refractivity (Wildman–Crippen MR) is 99.0 cm³/mol. The highest BCUT2D eigenvalue weighted by molar-refractivity contribution is 6.37. The van der Waals surface area contributed by atoms with Crippen LogP contribution in [0.5, 0.6) is 11.5 Å². The highest BCUT2D eigenvalue weighted by atomic mass is 35.5. The van der Waals surface area contributed by atoms with Crippen LogP contribution >= 0.6 is 23.2 Å². The standard InChI is InChI=1S/C19H19Cl2NO3/c1-24-14-6-3-5-12(9-14)17-7-4-8-22(17)19(23)13-10-15(20)18(25-2)16(21)11-13/h3,5-6,9-11,17H,4,7-8H2,1-2H3. The van der Waals surface area contributed by atoms with Crippen LogP contribution in [0.1, 0.15) is 34.8 Å². The third kappa shape index (κ3) is 3.55. The molecule has 0 aromatic heterocycles. The number of nitrogens with zero attached hydrogens (tertiary/aromatic N) is 1. The summed E-state index contributed by atoms with van der Waals surface area (Å²) < 4.78 is 10.4. The van der Waals surface area contributed by atoms with Crippen LogP contribution in [0.3, 0.4) is 0 Å². The van der Waals surface area contributed by atoms with Crippen molar-refractivity contribution in [3.63, 3.8) is 0 Å². The average molecular weight is 380 g/mol. The van der Waals surface area contributed by atoms with E-state index >= 15 is 0 Å². The topological polar surface area (TPSA) is 38.8 Å². The largest absolute Gasteiger partial charge is 0.497 e. The normalized spacial score (nSPS) is 16.8. The Hall–Kier alpha value is -1.91. The molecule has 6 heteroatoms. The number of likely N-dealkylation sites (tertiary alicyclic amines) is 1. The molecule has 0 N–H and O–H groups in total. The van der Waals surface area contributed by atoms with E-state index < -0.39 is 0 Å². The molecule has 2 aromatic rings. The molecule has 2 aromatic carbocycles. The molecule has 1 aliphatic heterocycles. The Bertz CT molecular complexity index is 771. The van der Waals surface area contributed by atoms with Crippen LogP contribution in [-0.4, -0.2) is 31.6 Å². The zero-order chi connectivity index (χ0) is 18.0. The molecule has 4 nitrogen and oxygen atoms in total. The summed E-state index contributed by atoms with van der Waals surface area (Å²) in [5.41, 5.74) is 1.53. The molecule has 0 spiro atoms. The second-order valence-electron chi connectivity index (χ2n) is 5.91. The van der Waals surface area contributed by atoms with Crippen LogP contribution in [0.2, 0.25) is 10.0 Å². The predicted octanol–water partition coefficient (Wildman–Crippen LogP) is 4.99. The van der Waals surface area contributed by atoms with Gasteiger partial charge in [0.15, 0.2) is 5.75 Å². The molecule has 25 heavy (non-hydrogen) atoms. The quantitative estimate of drug-likeness (QED) is 0.750. The molecule has 132 valence electrons. The van der Waals surface area contributed by atoms with Gasteiger partial charge in [-0.3, -0.25) is 4.79 Å². The lowest BCUT2D eigenvalue weighted by Gasteiger charge is -2.26. The molecule has 1 amide bonds. The average Bonchev–Trinajstić information content (AvgIpc) is 3.10. The van der Waals surface area contributed by atoms with Gasteiger partial charge in [0.05, 0.1) is 30.3 Å². The summed E-state index contributed by atoms with van der Waals surface area (Å²) >= 11 is 12.4. The van der Waals surface area contributed by atoms with Gasteiger partial charge in [-0.15, -0.1) is 0 Å². The SMILES string of the molecule is COc1cccc(C2CCCN2C(=O)c2cc(Cl)c(OC)c(Cl)c2)c1. The Morgan fingerprint density at radius 1 is 1.12 bits per heavy atom. The third-order valence-corrected chi connectivity index (χ3v) is 5.00. The van der Waals surface area contributed by atoms with Gasteiger partial charge in [0, 0.05) is 12.1 Å². The van der Waals surface area contributed by atoms with E-state index in [4.69, 9.17) is 32.7 Å². The smallest absolute Gasteiger partial charge is 0.254 e. The lowest BCUT2D eigenvalue weighted by Crippen LogP contribution is -2.30. The molecule has 1 aliphatic rings. The van der Waals surface area contributed by atoms with Crippen LogP contribution in [0, 0.1) is 0 Å². The van der Waals surface area contributed by atoms with E-state index in [1.54, 1.807) is 19.2 Å². The van der Waals surface area contributed by atoms with Crippen molar-refractivity contribution in [2.24, 2.45) is 0 Å². The Balaban J connectivity index is 1.91. The van der Waals surface area contributed by atoms with Crippen LogP contribution < -0.4 is 9.47 Å². The van der Waals surface area contributed by atoms with Gasteiger partial charge >= 0.3 is 0 Å². The Morgan fingerprint density at radius 3 is 2.48 bits per heavy atom. The van der Waals surface area contributed by atoms with E-state index in [0.717, 1.165) is 24.2 Å². The fraction of sp³-hybridized carbons (Fsp3) is 0.316. The van der Waals surface area contributed by atoms with E-state index in [2.05, 4.69) is 0 Å². The maximum atomic E-state index is 13.0. The van der Waals surface area contributed by atoms with Crippen LogP contribution in [0.15, 0.2) is 36.4 Å². The summed E-state index contributed by atoms with van der Waals surface area (Å²) in [6.45, 7) is 0.696. The van der Waals surface area contributed by atoms with E-state index in [1.165, 1.54) is 7.11 Å². The molecule has 3 rings (SSSR count). The van der Waals surface area contributed by atoms with Crippen LogP contribution in [0.4, 0.5) is 0 Å². The minimum absolute atomic E-state index is 0.0160. The van der Waals surface area contributed by atoms with Gasteiger partial charge < -0.3 is 14.4 Å². The molecule has 0 radical (unpaired) electrons. The van der Waals surface area contributed by atoms with Gasteiger partial charge in [-0.05, 0) is 42.7 Å². The zero-order valence-electron chi connectivity index (χ0n) is 14.1. The number of hydrogen-bond acceptors (Lipinski definition) is 3. The molecular formula is C19H19Cl2NO3. The van der Waals surface area contributed by atoms with Crippen molar-refractivity contribution in [2.75, 3.05) is 20.8 Å². The molecule has 0 aliphatic carbocycles. The van der Waals surface area contributed by atoms with E-state index in [0.29, 0.717) is 27.9 Å². The molecule has 1 heterocycles. The minimum atomic E-state index is -0.0863. The highest BCUT2D eigenvalue weighted by Gasteiger charge is 2.31. The maximum Gasteiger partial charge on any atom is 0.254 e. The van der Waals surface area contributed by atoms with E-state index in [1.807, 2.05) is 29.2 Å². The van der Waals surface area contributed by atoms with Crippen molar-refractivity contribution in [2.45, 2.75) is 18.9 Å². The number of halogens is 2. The number of carbonyl (C=O) groups excluding carboxylic acids is 1. The van der Waals surface area contributed by atoms with Gasteiger partial charge in [0.2, 0.25) is 0 Å². The van der Waals surface area contributed by atoms with Crippen molar-refractivity contribution in [3.05, 3.63) is 57.6 Å². The number of hydrogen-bond donors (Lipinski definition) is 0. The zero-order valence-corrected chi connectivity index (χ0v) is 15.6. The summed E-state index contributed by atoms with van der Waals surface area (Å²) in [5.74, 6) is 1.08. The fourth-order valence-electron chi connectivity index (χ4n) is 3.25. The number of methoxy groups -OCH3 is 2. The first-order valence-electron chi connectivity index (χ1n) is 8.03. The second-order valence-corrected chi connectivity index (χ2v) is 6.72. The first-order valence-corrected chi connectivity index (χ1v) is 8.78. The van der Waals surface area contributed by atoms with Gasteiger partial charge in [0.25, 0.3) is 5.91 Å². The summed E-state index contributed by atoms with van der Waals surface area (Å²) in [7, 11) is 3.13. The number of amides is 1. The van der Waals surface area contributed by atoms with Crippen LogP contribution in [0.25, 0.3) is 0 Å². The van der Waals surface area contributed by atoms with E-state index in [-0.39, 0.29) is 11.9 Å². The lowest BCUT2D eigenvalue weighted by atomic mass is 10.0. The Labute approximate surface area is 157 Å². The highest BCUT2D eigenvalue weighted by Crippen LogP contribution is 2.37. The van der Waals surface area contributed by atoms with Crippen molar-refractivity contribution in [3.8, 4) is 11.5 Å². The van der Waals surface area contributed by atoms with Gasteiger partial charge in [-0.25, -0.2) is 0 Å². The van der Waals surface area contributed by atoms with Gasteiger partial charge in [-0.1, -0.05) is 35.3 Å². The number of ether oxygens (including phenoxy) is 2. The van der Waals surface area contributed by atoms with Crippen LogP contribution in [-0.2, 0) is 0 Å². The lowest BCUT2D eigenvalue weighted by molar-refractivity contribution is 0.0735. The van der Waals surface area contributed by atoms with Crippen molar-refractivity contribution >= 4 is 29.1 Å². The number of benzene rings is 2.